The highest BCUT2D eigenvalue weighted by molar-refractivity contribution is 7.93. The predicted octanol–water partition coefficient (Wildman–Crippen LogP) is 3.28. The van der Waals surface area contributed by atoms with Crippen molar-refractivity contribution in [3.63, 3.8) is 0 Å². The van der Waals surface area contributed by atoms with Crippen LogP contribution in [-0.2, 0) is 20.2 Å². The Morgan fingerprint density at radius 1 is 1.19 bits per heavy atom. The van der Waals surface area contributed by atoms with Gasteiger partial charge in [-0.2, -0.15) is 5.10 Å². The molecule has 1 aromatic carbocycles. The number of anilines is 1. The Bertz CT molecular complexity index is 918. The van der Waals surface area contributed by atoms with Gasteiger partial charge in [-0.25, -0.2) is 8.42 Å². The van der Waals surface area contributed by atoms with E-state index in [-0.39, 0.29) is 10.4 Å². The molecule has 0 radical (unpaired) electrons. The van der Waals surface area contributed by atoms with Gasteiger partial charge < -0.3 is 5.32 Å². The van der Waals surface area contributed by atoms with Gasteiger partial charge in [-0.1, -0.05) is 17.7 Å². The Morgan fingerprint density at radius 2 is 1.81 bits per heavy atom. The van der Waals surface area contributed by atoms with Crippen molar-refractivity contribution in [1.29, 1.82) is 0 Å². The molecule has 1 aliphatic carbocycles. The van der Waals surface area contributed by atoms with Gasteiger partial charge in [-0.05, 0) is 59.1 Å². The molecule has 1 N–H and O–H groups in total. The average molecular weight is 375 g/mol. The molecule has 0 bridgehead atoms. The number of aryl methyl sites for hydroxylation is 1. The molecule has 7 heteroatoms. The maximum absolute atomic E-state index is 13.2. The summed E-state index contributed by atoms with van der Waals surface area (Å²) in [6.45, 7) is 7.90. The third-order valence-electron chi connectivity index (χ3n) is 4.95. The van der Waals surface area contributed by atoms with Crippen LogP contribution in [0.25, 0.3) is 0 Å². The molecule has 0 unspecified atom stereocenters. The van der Waals surface area contributed by atoms with Crippen LogP contribution in [0.4, 0.5) is 5.69 Å². The summed E-state index contributed by atoms with van der Waals surface area (Å²) in [5, 5.41) is 7.01. The van der Waals surface area contributed by atoms with Crippen LogP contribution in [0.5, 0.6) is 0 Å². The fraction of sp³-hybridized carbons (Fsp3) is 0.474. The molecule has 1 amide bonds. The lowest BCUT2D eigenvalue weighted by atomic mass is 9.83. The molecule has 6 nitrogen and oxygen atoms in total. The molecule has 1 saturated carbocycles. The van der Waals surface area contributed by atoms with E-state index < -0.39 is 20.5 Å². The second kappa shape index (κ2) is 6.23. The molecule has 140 valence electrons. The first-order valence-electron chi connectivity index (χ1n) is 8.74. The number of rotatable bonds is 4. The minimum atomic E-state index is -3.76. The largest absolute Gasteiger partial charge is 0.322 e. The second-order valence-electron chi connectivity index (χ2n) is 7.96. The van der Waals surface area contributed by atoms with Crippen molar-refractivity contribution in [3.05, 3.63) is 42.2 Å². The molecule has 0 saturated heterocycles. The van der Waals surface area contributed by atoms with Crippen molar-refractivity contribution >= 4 is 21.4 Å². The van der Waals surface area contributed by atoms with Gasteiger partial charge in [0.2, 0.25) is 5.91 Å². The fourth-order valence-electron chi connectivity index (χ4n) is 3.06. The van der Waals surface area contributed by atoms with Crippen LogP contribution in [0.15, 0.2) is 41.6 Å². The number of benzene rings is 1. The van der Waals surface area contributed by atoms with E-state index in [0.29, 0.717) is 18.5 Å². The molecular weight excluding hydrogens is 350 g/mol. The van der Waals surface area contributed by atoms with E-state index in [4.69, 9.17) is 0 Å². The van der Waals surface area contributed by atoms with Crippen molar-refractivity contribution in [2.24, 2.45) is 0 Å². The van der Waals surface area contributed by atoms with E-state index >= 15 is 0 Å². The van der Waals surface area contributed by atoms with Crippen LogP contribution in [0.1, 0.15) is 45.6 Å². The van der Waals surface area contributed by atoms with E-state index in [0.717, 1.165) is 12.0 Å². The molecule has 1 fully saturated rings. The fourth-order valence-corrected chi connectivity index (χ4v) is 5.12. The zero-order valence-electron chi connectivity index (χ0n) is 15.6. The smallest absolute Gasteiger partial charge is 0.246 e. The van der Waals surface area contributed by atoms with Crippen molar-refractivity contribution in [2.75, 3.05) is 5.32 Å². The molecule has 0 aliphatic heterocycles. The lowest BCUT2D eigenvalue weighted by Crippen LogP contribution is -2.54. The first kappa shape index (κ1) is 18.6. The summed E-state index contributed by atoms with van der Waals surface area (Å²) in [5.74, 6) is -0.474. The second-order valence-corrected chi connectivity index (χ2v) is 10.2. The average Bonchev–Trinajstić information content (AvgIpc) is 2.94. The number of hydrogen-bond donors (Lipinski definition) is 1. The number of amides is 1. The maximum atomic E-state index is 13.2. The van der Waals surface area contributed by atoms with Crippen molar-refractivity contribution in [3.8, 4) is 0 Å². The summed E-state index contributed by atoms with van der Waals surface area (Å²) in [6.07, 6.45) is 4.67. The molecule has 0 spiro atoms. The lowest BCUT2D eigenvalue weighted by Gasteiger charge is -2.39. The highest BCUT2D eigenvalue weighted by Crippen LogP contribution is 2.43. The van der Waals surface area contributed by atoms with Gasteiger partial charge in [0, 0.05) is 6.20 Å². The Balaban J connectivity index is 1.88. The van der Waals surface area contributed by atoms with E-state index in [2.05, 4.69) is 10.4 Å². The van der Waals surface area contributed by atoms with Crippen molar-refractivity contribution < 1.29 is 13.2 Å². The lowest BCUT2D eigenvalue weighted by molar-refractivity contribution is -0.120. The third-order valence-corrected chi connectivity index (χ3v) is 7.46. The van der Waals surface area contributed by atoms with Gasteiger partial charge in [0.25, 0.3) is 0 Å². The van der Waals surface area contributed by atoms with E-state index in [1.54, 1.807) is 41.3 Å². The molecule has 1 heterocycles. The highest BCUT2D eigenvalue weighted by Gasteiger charge is 2.55. The van der Waals surface area contributed by atoms with E-state index in [1.165, 1.54) is 0 Å². The normalized spacial score (nSPS) is 16.8. The first-order valence-corrected chi connectivity index (χ1v) is 10.2. The van der Waals surface area contributed by atoms with Gasteiger partial charge in [0.15, 0.2) is 14.6 Å². The number of hydrogen-bond acceptors (Lipinski definition) is 4. The van der Waals surface area contributed by atoms with E-state index in [9.17, 15) is 13.2 Å². The van der Waals surface area contributed by atoms with Gasteiger partial charge in [0.1, 0.15) is 0 Å². The molecule has 26 heavy (non-hydrogen) atoms. The Labute approximate surface area is 154 Å². The maximum Gasteiger partial charge on any atom is 0.246 e. The zero-order chi connectivity index (χ0) is 19.2. The van der Waals surface area contributed by atoms with Gasteiger partial charge in [-0.15, -0.1) is 0 Å². The first-order chi connectivity index (χ1) is 12.1. The van der Waals surface area contributed by atoms with Crippen LogP contribution < -0.4 is 5.32 Å². The quantitative estimate of drug-likeness (QED) is 0.889. The van der Waals surface area contributed by atoms with Gasteiger partial charge >= 0.3 is 0 Å². The summed E-state index contributed by atoms with van der Waals surface area (Å²) in [4.78, 5) is 13.1. The topological polar surface area (TPSA) is 81.1 Å². The number of carbonyl (C=O) groups excluding carboxylic acids is 1. The SMILES string of the molecule is Cc1ccc(S(=O)(=O)C2(C(=O)Nc3cnn(C(C)(C)C)c3)CCC2)cc1. The molecule has 3 rings (SSSR count). The molecule has 2 aromatic rings. The van der Waals surface area contributed by atoms with Crippen LogP contribution in [0.2, 0.25) is 0 Å². The Kier molecular flexibility index (Phi) is 4.46. The molecular formula is C19H25N3O3S. The number of sulfone groups is 1. The van der Waals surface area contributed by atoms with Crippen molar-refractivity contribution in [1.82, 2.24) is 9.78 Å². The molecule has 0 atom stereocenters. The number of nitrogens with one attached hydrogen (secondary N) is 1. The van der Waals surface area contributed by atoms with Gasteiger partial charge in [0.05, 0.1) is 22.3 Å². The molecule has 1 aromatic heterocycles. The third kappa shape index (κ3) is 3.05. The standard InChI is InChI=1S/C19H25N3O3S/c1-14-6-8-16(9-7-14)26(24,25)19(10-5-11-19)17(23)21-15-12-20-22(13-15)18(2,3)4/h6-9,12-13H,5,10-11H2,1-4H3,(H,21,23). The minimum absolute atomic E-state index is 0.198. The highest BCUT2D eigenvalue weighted by atomic mass is 32.2. The monoisotopic (exact) mass is 375 g/mol. The number of nitrogens with zero attached hydrogens (tertiary/aromatic N) is 2. The summed E-state index contributed by atoms with van der Waals surface area (Å²) < 4.78 is 26.7. The number of aromatic nitrogens is 2. The Hall–Kier alpha value is -2.15. The van der Waals surface area contributed by atoms with E-state index in [1.807, 2.05) is 27.7 Å². The van der Waals surface area contributed by atoms with Crippen LogP contribution in [-0.4, -0.2) is 28.9 Å². The van der Waals surface area contributed by atoms with Crippen LogP contribution in [0, 0.1) is 6.92 Å². The predicted molar refractivity (Wildman–Crippen MR) is 101 cm³/mol. The summed E-state index contributed by atoms with van der Waals surface area (Å²) >= 11 is 0. The minimum Gasteiger partial charge on any atom is -0.322 e. The zero-order valence-corrected chi connectivity index (χ0v) is 16.4. The number of carbonyl (C=O) groups is 1. The summed E-state index contributed by atoms with van der Waals surface area (Å²) in [7, 11) is -3.76. The van der Waals surface area contributed by atoms with Crippen LogP contribution in [0.3, 0.4) is 0 Å². The van der Waals surface area contributed by atoms with Crippen molar-refractivity contribution in [2.45, 2.75) is 62.1 Å². The molecule has 1 aliphatic rings. The summed E-state index contributed by atoms with van der Waals surface area (Å²) in [6, 6.07) is 6.67. The Morgan fingerprint density at radius 3 is 2.27 bits per heavy atom. The summed E-state index contributed by atoms with van der Waals surface area (Å²) in [5.41, 5.74) is 1.27. The van der Waals surface area contributed by atoms with Crippen LogP contribution >= 0.6 is 0 Å². The van der Waals surface area contributed by atoms with Gasteiger partial charge in [-0.3, -0.25) is 9.48 Å².